The normalized spacial score (nSPS) is 10.3. The molecule has 1 heterocycles. The number of benzene rings is 1. The number of aromatic nitrogens is 1. The fraction of sp³-hybridized carbons (Fsp3) is 0.100. The van der Waals surface area contributed by atoms with Crippen LogP contribution in [0.5, 0.6) is 5.75 Å². The average Bonchev–Trinajstić information content (AvgIpc) is 2.18. The van der Waals surface area contributed by atoms with E-state index in [1.807, 2.05) is 24.3 Å². The molecule has 0 bridgehead atoms. The van der Waals surface area contributed by atoms with Crippen molar-refractivity contribution in [1.29, 1.82) is 0 Å². The number of para-hydroxylation sites is 1. The van der Waals surface area contributed by atoms with E-state index in [4.69, 9.17) is 16.3 Å². The Morgan fingerprint density at radius 1 is 1.31 bits per heavy atom. The SMILES string of the molecule is COc1cccc2c(Cl)cc[nH+]c12. The van der Waals surface area contributed by atoms with Gasteiger partial charge >= 0.3 is 0 Å². The lowest BCUT2D eigenvalue weighted by Gasteiger charge is -1.99. The lowest BCUT2D eigenvalue weighted by atomic mass is 10.2. The number of fused-ring (bicyclic) bond motifs is 1. The molecule has 0 saturated carbocycles. The lowest BCUT2D eigenvalue weighted by Crippen LogP contribution is -2.03. The molecule has 2 rings (SSSR count). The molecular weight excluding hydrogens is 186 g/mol. The van der Waals surface area contributed by atoms with Crippen LogP contribution < -0.4 is 9.72 Å². The van der Waals surface area contributed by atoms with Gasteiger partial charge in [0.1, 0.15) is 0 Å². The molecule has 0 aliphatic heterocycles. The van der Waals surface area contributed by atoms with E-state index in [0.717, 1.165) is 21.7 Å². The summed E-state index contributed by atoms with van der Waals surface area (Å²) < 4.78 is 5.19. The molecule has 0 spiro atoms. The highest BCUT2D eigenvalue weighted by Gasteiger charge is 2.09. The number of H-pyrrole nitrogens is 1. The summed E-state index contributed by atoms with van der Waals surface area (Å²) in [5.41, 5.74) is 0.928. The first-order valence-corrected chi connectivity index (χ1v) is 4.33. The van der Waals surface area contributed by atoms with Gasteiger partial charge in [-0.05, 0) is 12.1 Å². The van der Waals surface area contributed by atoms with Crippen molar-refractivity contribution < 1.29 is 9.72 Å². The van der Waals surface area contributed by atoms with Gasteiger partial charge in [-0.25, -0.2) is 4.98 Å². The van der Waals surface area contributed by atoms with Crippen LogP contribution in [0, 0.1) is 0 Å². The van der Waals surface area contributed by atoms with E-state index in [9.17, 15) is 0 Å². The van der Waals surface area contributed by atoms with Crippen molar-refractivity contribution in [1.82, 2.24) is 0 Å². The van der Waals surface area contributed by atoms with Crippen LogP contribution in [0.1, 0.15) is 0 Å². The highest BCUT2D eigenvalue weighted by Crippen LogP contribution is 2.25. The third kappa shape index (κ3) is 1.33. The van der Waals surface area contributed by atoms with E-state index in [2.05, 4.69) is 4.98 Å². The van der Waals surface area contributed by atoms with Crippen LogP contribution in [0.15, 0.2) is 30.5 Å². The summed E-state index contributed by atoms with van der Waals surface area (Å²) in [6, 6.07) is 7.59. The van der Waals surface area contributed by atoms with E-state index < -0.39 is 0 Å². The van der Waals surface area contributed by atoms with Gasteiger partial charge in [0.15, 0.2) is 11.9 Å². The summed E-state index contributed by atoms with van der Waals surface area (Å²) in [7, 11) is 1.64. The lowest BCUT2D eigenvalue weighted by molar-refractivity contribution is -0.345. The molecule has 0 saturated heterocycles. The van der Waals surface area contributed by atoms with Crippen molar-refractivity contribution in [3.63, 3.8) is 0 Å². The van der Waals surface area contributed by atoms with Gasteiger partial charge in [0, 0.05) is 6.07 Å². The molecule has 0 unspecified atom stereocenters. The van der Waals surface area contributed by atoms with Gasteiger partial charge in [-0.2, -0.15) is 0 Å². The molecule has 2 nitrogen and oxygen atoms in total. The van der Waals surface area contributed by atoms with Gasteiger partial charge < -0.3 is 4.74 Å². The fourth-order valence-corrected chi connectivity index (χ4v) is 1.56. The van der Waals surface area contributed by atoms with Gasteiger partial charge in [-0.3, -0.25) is 0 Å². The van der Waals surface area contributed by atoms with Crippen molar-refractivity contribution in [3.05, 3.63) is 35.5 Å². The van der Waals surface area contributed by atoms with Crippen LogP contribution in [0.4, 0.5) is 0 Å². The highest BCUT2D eigenvalue weighted by molar-refractivity contribution is 6.35. The van der Waals surface area contributed by atoms with Gasteiger partial charge in [0.05, 0.1) is 17.5 Å². The van der Waals surface area contributed by atoms with Crippen LogP contribution >= 0.6 is 11.6 Å². The Morgan fingerprint density at radius 2 is 2.15 bits per heavy atom. The van der Waals surface area contributed by atoms with Crippen LogP contribution in [0.3, 0.4) is 0 Å². The maximum Gasteiger partial charge on any atom is 0.254 e. The summed E-state index contributed by atoms with van der Waals surface area (Å²) in [6.07, 6.45) is 1.80. The first kappa shape index (κ1) is 8.32. The van der Waals surface area contributed by atoms with Crippen LogP contribution in [-0.2, 0) is 0 Å². The minimum absolute atomic E-state index is 0.729. The first-order chi connectivity index (χ1) is 6.33. The molecule has 0 radical (unpaired) electrons. The second-order valence-corrected chi connectivity index (χ2v) is 3.12. The monoisotopic (exact) mass is 194 g/mol. The van der Waals surface area contributed by atoms with Crippen LogP contribution in [0.2, 0.25) is 5.02 Å². The zero-order chi connectivity index (χ0) is 9.26. The van der Waals surface area contributed by atoms with Gasteiger partial charge in [-0.15, -0.1) is 0 Å². The summed E-state index contributed by atoms with van der Waals surface area (Å²) in [5, 5.41) is 1.70. The van der Waals surface area contributed by atoms with E-state index in [-0.39, 0.29) is 0 Å². The molecule has 0 atom stereocenters. The standard InChI is InChI=1S/C10H8ClNO/c1-13-9-4-2-3-7-8(11)5-6-12-10(7)9/h2-6H,1H3/p+1. The summed E-state index contributed by atoms with van der Waals surface area (Å²) >= 11 is 6.01. The number of hydrogen-bond acceptors (Lipinski definition) is 1. The molecular formula is C10H9ClNO+. The van der Waals surface area contributed by atoms with Crippen molar-refractivity contribution in [2.24, 2.45) is 0 Å². The van der Waals surface area contributed by atoms with Crippen LogP contribution in [-0.4, -0.2) is 7.11 Å². The largest absolute Gasteiger partial charge is 0.490 e. The van der Waals surface area contributed by atoms with Gasteiger partial charge in [0.2, 0.25) is 0 Å². The minimum Gasteiger partial charge on any atom is -0.490 e. The smallest absolute Gasteiger partial charge is 0.254 e. The average molecular weight is 195 g/mol. The molecule has 1 N–H and O–H groups in total. The van der Waals surface area contributed by atoms with Crippen molar-refractivity contribution in [2.45, 2.75) is 0 Å². The molecule has 1 aromatic heterocycles. The maximum atomic E-state index is 6.01. The zero-order valence-electron chi connectivity index (χ0n) is 7.17. The molecule has 0 aliphatic carbocycles. The third-order valence-corrected chi connectivity index (χ3v) is 2.29. The Morgan fingerprint density at radius 3 is 2.92 bits per heavy atom. The predicted molar refractivity (Wildman–Crippen MR) is 52.1 cm³/mol. The summed E-state index contributed by atoms with van der Waals surface area (Å²) in [6.45, 7) is 0. The Labute approximate surface area is 81.1 Å². The maximum absolute atomic E-state index is 6.01. The molecule has 2 aromatic rings. The molecule has 1 aromatic carbocycles. The second-order valence-electron chi connectivity index (χ2n) is 2.71. The Balaban J connectivity index is 2.84. The topological polar surface area (TPSA) is 23.4 Å². The van der Waals surface area contributed by atoms with E-state index in [0.29, 0.717) is 0 Å². The quantitative estimate of drug-likeness (QED) is 0.684. The molecule has 3 heteroatoms. The van der Waals surface area contributed by atoms with E-state index >= 15 is 0 Å². The van der Waals surface area contributed by atoms with Crippen LogP contribution in [0.25, 0.3) is 10.9 Å². The minimum atomic E-state index is 0.729. The van der Waals surface area contributed by atoms with Crippen molar-refractivity contribution >= 4 is 22.5 Å². The second kappa shape index (κ2) is 3.23. The number of halogens is 1. The molecule has 66 valence electrons. The Hall–Kier alpha value is -1.28. The Bertz CT molecular complexity index is 442. The molecule has 0 aliphatic rings. The summed E-state index contributed by atoms with van der Waals surface area (Å²) in [4.78, 5) is 3.10. The highest BCUT2D eigenvalue weighted by atomic mass is 35.5. The predicted octanol–water partition coefficient (Wildman–Crippen LogP) is 2.32. The number of hydrogen-bond donors (Lipinski definition) is 0. The number of methoxy groups -OCH3 is 1. The first-order valence-electron chi connectivity index (χ1n) is 3.96. The number of aromatic amines is 1. The number of nitrogens with one attached hydrogen (secondary N) is 1. The Kier molecular flexibility index (Phi) is 2.07. The number of rotatable bonds is 1. The van der Waals surface area contributed by atoms with E-state index in [1.165, 1.54) is 0 Å². The number of pyridine rings is 1. The molecule has 0 fully saturated rings. The van der Waals surface area contributed by atoms with Crippen molar-refractivity contribution in [2.75, 3.05) is 7.11 Å². The summed E-state index contributed by atoms with van der Waals surface area (Å²) in [5.74, 6) is 0.806. The number of ether oxygens (including phenoxy) is 1. The fourth-order valence-electron chi connectivity index (χ4n) is 1.34. The third-order valence-electron chi connectivity index (χ3n) is 1.96. The van der Waals surface area contributed by atoms with Crippen molar-refractivity contribution in [3.8, 4) is 5.75 Å². The molecule has 0 amide bonds. The molecule has 13 heavy (non-hydrogen) atoms. The van der Waals surface area contributed by atoms with E-state index in [1.54, 1.807) is 13.3 Å². The van der Waals surface area contributed by atoms with Gasteiger partial charge in [-0.1, -0.05) is 17.7 Å². The zero-order valence-corrected chi connectivity index (χ0v) is 7.93. The van der Waals surface area contributed by atoms with Gasteiger partial charge in [0.25, 0.3) is 5.52 Å².